The van der Waals surface area contributed by atoms with E-state index in [4.69, 9.17) is 5.73 Å². The maximum Gasteiger partial charge on any atom is 0.433 e. The standard InChI is InChI=1S/C5H6N2O3.ClH/c6-3-4-1-2-5(10-4)7(8)9;/h1-2H,3,6H2;1H. The van der Waals surface area contributed by atoms with E-state index in [2.05, 4.69) is 4.42 Å². The summed E-state index contributed by atoms with van der Waals surface area (Å²) in [6.07, 6.45) is 0. The molecule has 0 saturated carbocycles. The first kappa shape index (κ1) is 9.93. The van der Waals surface area contributed by atoms with Crippen molar-refractivity contribution in [1.82, 2.24) is 0 Å². The molecule has 0 atom stereocenters. The second kappa shape index (κ2) is 3.95. The van der Waals surface area contributed by atoms with Gasteiger partial charge >= 0.3 is 5.88 Å². The van der Waals surface area contributed by atoms with Crippen LogP contribution in [0.25, 0.3) is 0 Å². The molecule has 1 rings (SSSR count). The molecule has 0 saturated heterocycles. The van der Waals surface area contributed by atoms with Crippen LogP contribution >= 0.6 is 12.4 Å². The lowest BCUT2D eigenvalue weighted by Gasteiger charge is -1.83. The van der Waals surface area contributed by atoms with Gasteiger partial charge in [-0.2, -0.15) is 0 Å². The smallest absolute Gasteiger partial charge is 0.404 e. The third-order valence-corrected chi connectivity index (χ3v) is 1.03. The molecule has 6 heteroatoms. The van der Waals surface area contributed by atoms with Crippen LogP contribution in [0.5, 0.6) is 0 Å². The van der Waals surface area contributed by atoms with E-state index in [-0.39, 0.29) is 24.8 Å². The first-order chi connectivity index (χ1) is 4.74. The molecule has 1 heterocycles. The van der Waals surface area contributed by atoms with Crippen molar-refractivity contribution in [3.8, 4) is 0 Å². The fraction of sp³-hybridized carbons (Fsp3) is 0.200. The Morgan fingerprint density at radius 1 is 1.64 bits per heavy atom. The van der Waals surface area contributed by atoms with E-state index in [1.807, 2.05) is 0 Å². The summed E-state index contributed by atoms with van der Waals surface area (Å²) in [5.41, 5.74) is 5.15. The number of halogens is 1. The second-order valence-electron chi connectivity index (χ2n) is 1.70. The Labute approximate surface area is 68.7 Å². The minimum Gasteiger partial charge on any atom is -0.404 e. The Hall–Kier alpha value is -1.07. The monoisotopic (exact) mass is 178 g/mol. The molecule has 0 bridgehead atoms. The molecule has 0 aliphatic heterocycles. The van der Waals surface area contributed by atoms with Crippen LogP contribution in [0.15, 0.2) is 16.5 Å². The highest BCUT2D eigenvalue weighted by atomic mass is 35.5. The Morgan fingerprint density at radius 3 is 2.55 bits per heavy atom. The number of hydrogen-bond acceptors (Lipinski definition) is 4. The third-order valence-electron chi connectivity index (χ3n) is 1.03. The Kier molecular flexibility index (Phi) is 3.56. The van der Waals surface area contributed by atoms with Crippen LogP contribution in [0.1, 0.15) is 5.76 Å². The molecule has 1 aromatic heterocycles. The van der Waals surface area contributed by atoms with Crippen molar-refractivity contribution in [2.24, 2.45) is 5.73 Å². The van der Waals surface area contributed by atoms with E-state index >= 15 is 0 Å². The highest BCUT2D eigenvalue weighted by molar-refractivity contribution is 5.85. The average molecular weight is 179 g/mol. The molecule has 1 aromatic rings. The van der Waals surface area contributed by atoms with Gasteiger partial charge in [-0.3, -0.25) is 10.1 Å². The minimum absolute atomic E-state index is 0. The number of nitrogens with two attached hydrogens (primary N) is 1. The van der Waals surface area contributed by atoms with Crippen LogP contribution in [-0.4, -0.2) is 4.92 Å². The quantitative estimate of drug-likeness (QED) is 0.543. The van der Waals surface area contributed by atoms with Gasteiger partial charge in [0.2, 0.25) is 0 Å². The normalized spacial score (nSPS) is 8.82. The second-order valence-corrected chi connectivity index (χ2v) is 1.70. The van der Waals surface area contributed by atoms with Gasteiger partial charge in [-0.15, -0.1) is 12.4 Å². The lowest BCUT2D eigenvalue weighted by molar-refractivity contribution is -0.402. The maximum atomic E-state index is 10.0. The molecule has 2 N–H and O–H groups in total. The summed E-state index contributed by atoms with van der Waals surface area (Å²) < 4.78 is 4.67. The first-order valence-electron chi connectivity index (χ1n) is 2.67. The van der Waals surface area contributed by atoms with Crippen LogP contribution in [-0.2, 0) is 6.54 Å². The molecule has 62 valence electrons. The number of nitro groups is 1. The number of hydrogen-bond donors (Lipinski definition) is 1. The molecular weight excluding hydrogens is 172 g/mol. The zero-order chi connectivity index (χ0) is 7.56. The van der Waals surface area contributed by atoms with Crippen LogP contribution in [0.4, 0.5) is 5.88 Å². The molecule has 0 aromatic carbocycles. The van der Waals surface area contributed by atoms with E-state index in [0.717, 1.165) is 0 Å². The molecule has 0 radical (unpaired) electrons. The van der Waals surface area contributed by atoms with Crippen LogP contribution in [0.2, 0.25) is 0 Å². The summed E-state index contributed by atoms with van der Waals surface area (Å²) in [5, 5.41) is 10.0. The van der Waals surface area contributed by atoms with E-state index in [9.17, 15) is 10.1 Å². The first-order valence-corrected chi connectivity index (χ1v) is 2.67. The van der Waals surface area contributed by atoms with Crippen molar-refractivity contribution in [3.05, 3.63) is 28.0 Å². The largest absolute Gasteiger partial charge is 0.433 e. The Balaban J connectivity index is 0.000001000. The van der Waals surface area contributed by atoms with Crippen LogP contribution in [0, 0.1) is 10.1 Å². The predicted molar refractivity (Wildman–Crippen MR) is 40.5 cm³/mol. The molecule has 0 amide bonds. The minimum atomic E-state index is -0.598. The topological polar surface area (TPSA) is 82.3 Å². The third kappa shape index (κ3) is 2.21. The molecule has 0 spiro atoms. The highest BCUT2D eigenvalue weighted by Crippen LogP contribution is 2.14. The zero-order valence-electron chi connectivity index (χ0n) is 5.52. The Bertz CT molecular complexity index is 248. The van der Waals surface area contributed by atoms with E-state index < -0.39 is 4.92 Å². The summed E-state index contributed by atoms with van der Waals surface area (Å²) >= 11 is 0. The lowest BCUT2D eigenvalue weighted by atomic mass is 10.5. The Morgan fingerprint density at radius 2 is 2.27 bits per heavy atom. The molecular formula is C5H7ClN2O3. The van der Waals surface area contributed by atoms with Gasteiger partial charge in [-0.1, -0.05) is 0 Å². The average Bonchev–Trinajstić information content (AvgIpc) is 2.34. The van der Waals surface area contributed by atoms with Crippen molar-refractivity contribution in [2.75, 3.05) is 0 Å². The van der Waals surface area contributed by atoms with Gasteiger partial charge < -0.3 is 10.2 Å². The van der Waals surface area contributed by atoms with Crippen LogP contribution in [0.3, 0.4) is 0 Å². The van der Waals surface area contributed by atoms with Crippen molar-refractivity contribution < 1.29 is 9.34 Å². The molecule has 0 unspecified atom stereocenters. The van der Waals surface area contributed by atoms with Crippen molar-refractivity contribution >= 4 is 18.3 Å². The van der Waals surface area contributed by atoms with Gasteiger partial charge in [-0.05, 0) is 6.07 Å². The maximum absolute atomic E-state index is 10.0. The molecule has 0 fully saturated rings. The zero-order valence-corrected chi connectivity index (χ0v) is 6.34. The molecule has 0 aliphatic rings. The van der Waals surface area contributed by atoms with E-state index in [1.54, 1.807) is 0 Å². The number of rotatable bonds is 2. The van der Waals surface area contributed by atoms with Gasteiger partial charge in [0.25, 0.3) is 0 Å². The molecule has 11 heavy (non-hydrogen) atoms. The molecule has 5 nitrogen and oxygen atoms in total. The van der Waals surface area contributed by atoms with Crippen LogP contribution < -0.4 is 5.73 Å². The summed E-state index contributed by atoms with van der Waals surface area (Å²) in [4.78, 5) is 9.40. The summed E-state index contributed by atoms with van der Waals surface area (Å²) in [5.74, 6) is 0.159. The van der Waals surface area contributed by atoms with Crippen molar-refractivity contribution in [3.63, 3.8) is 0 Å². The fourth-order valence-corrected chi connectivity index (χ4v) is 0.574. The number of nitrogens with zero attached hydrogens (tertiary/aromatic N) is 1. The fourth-order valence-electron chi connectivity index (χ4n) is 0.574. The number of furan rings is 1. The van der Waals surface area contributed by atoms with Gasteiger partial charge in [0.1, 0.15) is 10.7 Å². The van der Waals surface area contributed by atoms with Gasteiger partial charge in [0.15, 0.2) is 0 Å². The van der Waals surface area contributed by atoms with Gasteiger partial charge in [0, 0.05) is 0 Å². The predicted octanol–water partition coefficient (Wildman–Crippen LogP) is 1.07. The van der Waals surface area contributed by atoms with Gasteiger partial charge in [0.05, 0.1) is 12.6 Å². The summed E-state index contributed by atoms with van der Waals surface area (Å²) in [6, 6.07) is 2.76. The summed E-state index contributed by atoms with van der Waals surface area (Å²) in [6.45, 7) is 0.188. The lowest BCUT2D eigenvalue weighted by Crippen LogP contribution is -1.92. The summed E-state index contributed by atoms with van der Waals surface area (Å²) in [7, 11) is 0. The van der Waals surface area contributed by atoms with Crippen molar-refractivity contribution in [1.29, 1.82) is 0 Å². The van der Waals surface area contributed by atoms with E-state index in [0.29, 0.717) is 5.76 Å². The molecule has 0 aliphatic carbocycles. The van der Waals surface area contributed by atoms with E-state index in [1.165, 1.54) is 12.1 Å². The SMILES string of the molecule is Cl.NCc1ccc([N+](=O)[O-])o1. The van der Waals surface area contributed by atoms with Gasteiger partial charge in [-0.25, -0.2) is 0 Å². The van der Waals surface area contributed by atoms with Crippen molar-refractivity contribution in [2.45, 2.75) is 6.54 Å². The highest BCUT2D eigenvalue weighted by Gasteiger charge is 2.09.